The second-order valence-corrected chi connectivity index (χ2v) is 10.6. The van der Waals surface area contributed by atoms with Gasteiger partial charge in [0.15, 0.2) is 11.5 Å². The Kier molecular flexibility index (Phi) is 6.67. The van der Waals surface area contributed by atoms with Crippen LogP contribution in [0.3, 0.4) is 0 Å². The molecule has 1 amide bonds. The smallest absolute Gasteiger partial charge is 0.223 e. The molecule has 37 heavy (non-hydrogen) atoms. The van der Waals surface area contributed by atoms with Crippen LogP contribution in [0.2, 0.25) is 5.02 Å². The molecule has 0 saturated carbocycles. The molecule has 1 N–H and O–H groups in total. The van der Waals surface area contributed by atoms with Crippen LogP contribution in [0.15, 0.2) is 66.7 Å². The highest BCUT2D eigenvalue weighted by Gasteiger charge is 2.57. The van der Waals surface area contributed by atoms with Crippen LogP contribution >= 0.6 is 11.6 Å². The number of ether oxygens (including phenoxy) is 2. The van der Waals surface area contributed by atoms with Gasteiger partial charge in [0, 0.05) is 34.7 Å². The van der Waals surface area contributed by atoms with Gasteiger partial charge in [-0.1, -0.05) is 73.5 Å². The molecule has 0 bridgehead atoms. The van der Waals surface area contributed by atoms with E-state index < -0.39 is 5.66 Å². The van der Waals surface area contributed by atoms with E-state index in [9.17, 15) is 4.79 Å². The molecule has 1 fully saturated rings. The zero-order valence-corrected chi connectivity index (χ0v) is 22.6. The number of anilines is 1. The number of carbonyl (C=O) groups excluding carboxylic acids is 1. The minimum absolute atomic E-state index is 0.0665. The summed E-state index contributed by atoms with van der Waals surface area (Å²) in [6, 6.07) is 20.1. The van der Waals surface area contributed by atoms with Gasteiger partial charge < -0.3 is 19.7 Å². The third kappa shape index (κ3) is 4.46. The molecule has 1 unspecified atom stereocenters. The lowest BCUT2D eigenvalue weighted by Gasteiger charge is -2.49. The molecule has 1 atom stereocenters. The summed E-state index contributed by atoms with van der Waals surface area (Å²) in [5.74, 6) is 1.40. The number of nitrogens with zero attached hydrogens (tertiary/aromatic N) is 1. The lowest BCUT2D eigenvalue weighted by molar-refractivity contribution is -0.124. The first kappa shape index (κ1) is 25.2. The van der Waals surface area contributed by atoms with E-state index in [-0.39, 0.29) is 11.3 Å². The number of hydrogen-bond donors (Lipinski definition) is 1. The van der Waals surface area contributed by atoms with Crippen LogP contribution in [-0.2, 0) is 16.8 Å². The number of aryl methyl sites for hydroxylation is 1. The predicted molar refractivity (Wildman–Crippen MR) is 149 cm³/mol. The van der Waals surface area contributed by atoms with Crippen molar-refractivity contribution in [1.82, 2.24) is 5.32 Å². The van der Waals surface area contributed by atoms with Crippen molar-refractivity contribution in [3.63, 3.8) is 0 Å². The summed E-state index contributed by atoms with van der Waals surface area (Å²) in [4.78, 5) is 15.0. The number of carbonyl (C=O) groups is 1. The Balaban J connectivity index is 1.47. The highest BCUT2D eigenvalue weighted by atomic mass is 35.5. The van der Waals surface area contributed by atoms with Crippen molar-refractivity contribution in [2.75, 3.05) is 18.1 Å². The second-order valence-electron chi connectivity index (χ2n) is 10.2. The molecule has 5 nitrogen and oxygen atoms in total. The molecule has 0 aliphatic carbocycles. The van der Waals surface area contributed by atoms with Crippen molar-refractivity contribution in [2.45, 2.75) is 51.8 Å². The van der Waals surface area contributed by atoms with E-state index in [1.165, 1.54) is 16.8 Å². The molecule has 3 aromatic carbocycles. The van der Waals surface area contributed by atoms with Gasteiger partial charge in [-0.25, -0.2) is 0 Å². The van der Waals surface area contributed by atoms with Crippen molar-refractivity contribution in [3.05, 3.63) is 94.0 Å². The summed E-state index contributed by atoms with van der Waals surface area (Å²) in [6.45, 7) is 10.0. The molecular formula is C31H33ClN2O3. The summed E-state index contributed by atoms with van der Waals surface area (Å²) in [5, 5.41) is 4.02. The van der Waals surface area contributed by atoms with Gasteiger partial charge in [-0.3, -0.25) is 4.79 Å². The van der Waals surface area contributed by atoms with Crippen LogP contribution < -0.4 is 19.7 Å². The van der Waals surface area contributed by atoms with E-state index in [0.29, 0.717) is 42.7 Å². The van der Waals surface area contributed by atoms with Crippen molar-refractivity contribution in [2.24, 2.45) is 0 Å². The first-order valence-electron chi connectivity index (χ1n) is 12.8. The van der Waals surface area contributed by atoms with E-state index in [1.54, 1.807) is 0 Å². The maximum absolute atomic E-state index is 12.7. The van der Waals surface area contributed by atoms with Gasteiger partial charge in [-0.2, -0.15) is 0 Å². The predicted octanol–water partition coefficient (Wildman–Crippen LogP) is 6.65. The minimum Gasteiger partial charge on any atom is -0.490 e. The average molecular weight is 517 g/mol. The molecule has 3 aromatic rings. The molecule has 2 heterocycles. The van der Waals surface area contributed by atoms with Crippen LogP contribution in [0.5, 0.6) is 11.5 Å². The molecule has 0 radical (unpaired) electrons. The van der Waals surface area contributed by atoms with Crippen molar-refractivity contribution in [1.29, 1.82) is 0 Å². The van der Waals surface area contributed by atoms with Gasteiger partial charge in [-0.15, -0.1) is 0 Å². The molecule has 1 saturated heterocycles. The number of hydrogen-bond acceptors (Lipinski definition) is 4. The molecular weight excluding hydrogens is 484 g/mol. The Morgan fingerprint density at radius 2 is 1.86 bits per heavy atom. The van der Waals surface area contributed by atoms with Crippen LogP contribution in [0.25, 0.3) is 6.08 Å². The lowest BCUT2D eigenvalue weighted by atomic mass is 9.74. The number of rotatable bonds is 7. The fraction of sp³-hybridized carbons (Fsp3) is 0.323. The second kappa shape index (κ2) is 9.79. The Labute approximate surface area is 224 Å². The van der Waals surface area contributed by atoms with Crippen LogP contribution in [0.1, 0.15) is 49.4 Å². The topological polar surface area (TPSA) is 50.8 Å². The van der Waals surface area contributed by atoms with E-state index in [2.05, 4.69) is 61.3 Å². The highest BCUT2D eigenvalue weighted by molar-refractivity contribution is 6.31. The number of amides is 1. The largest absolute Gasteiger partial charge is 0.490 e. The number of fused-ring (bicyclic) bond motifs is 3. The van der Waals surface area contributed by atoms with E-state index in [0.717, 1.165) is 11.1 Å². The molecule has 5 rings (SSSR count). The van der Waals surface area contributed by atoms with Crippen molar-refractivity contribution >= 4 is 29.3 Å². The summed E-state index contributed by atoms with van der Waals surface area (Å²) >= 11 is 6.30. The zero-order chi connectivity index (χ0) is 26.2. The fourth-order valence-electron chi connectivity index (χ4n) is 5.47. The first-order valence-corrected chi connectivity index (χ1v) is 13.1. The molecule has 2 aliphatic rings. The SMILES string of the molecule is CCOc1cc(C=CC23NC(=O)CCN2c2ccc(C)cc2C3(C)C)ccc1OCc1ccccc1Cl. The average Bonchev–Trinajstić information content (AvgIpc) is 3.06. The molecule has 0 spiro atoms. The molecule has 6 heteroatoms. The third-order valence-electron chi connectivity index (χ3n) is 7.51. The summed E-state index contributed by atoms with van der Waals surface area (Å²) in [5.41, 5.74) is 4.53. The first-order chi connectivity index (χ1) is 17.7. The van der Waals surface area contributed by atoms with E-state index in [4.69, 9.17) is 21.1 Å². The number of benzene rings is 3. The number of nitrogens with one attached hydrogen (secondary N) is 1. The summed E-state index contributed by atoms with van der Waals surface area (Å²) < 4.78 is 12.0. The summed E-state index contributed by atoms with van der Waals surface area (Å²) in [6.07, 6.45) is 4.68. The minimum atomic E-state index is -0.663. The maximum Gasteiger partial charge on any atom is 0.223 e. The lowest BCUT2D eigenvalue weighted by Crippen LogP contribution is -2.68. The van der Waals surface area contributed by atoms with Gasteiger partial charge >= 0.3 is 0 Å². The van der Waals surface area contributed by atoms with Gasteiger partial charge in [0.05, 0.1) is 6.61 Å². The fourth-order valence-corrected chi connectivity index (χ4v) is 5.66. The Bertz CT molecular complexity index is 1370. The standard InChI is InChI=1S/C31H33ClN2O3/c1-5-36-28-19-22(11-13-27(28)37-20-23-8-6-7-9-25(23)32)14-16-31-30(3,4)24-18-21(2)10-12-26(24)34(31)17-15-29(35)33-31/h6-14,16,18-19H,5,15,17,20H2,1-4H3,(H,33,35). The quantitative estimate of drug-likeness (QED) is 0.382. The number of halogens is 1. The van der Waals surface area contributed by atoms with E-state index in [1.807, 2.05) is 49.4 Å². The molecule has 2 aliphatic heterocycles. The van der Waals surface area contributed by atoms with Crippen LogP contribution in [0, 0.1) is 6.92 Å². The Hall–Kier alpha value is -3.44. The normalized spacial score (nSPS) is 19.9. The van der Waals surface area contributed by atoms with Crippen LogP contribution in [-0.4, -0.2) is 24.7 Å². The molecule has 192 valence electrons. The Morgan fingerprint density at radius 1 is 1.05 bits per heavy atom. The Morgan fingerprint density at radius 3 is 2.65 bits per heavy atom. The summed E-state index contributed by atoms with van der Waals surface area (Å²) in [7, 11) is 0. The van der Waals surface area contributed by atoms with Gasteiger partial charge in [0.25, 0.3) is 0 Å². The van der Waals surface area contributed by atoms with Gasteiger partial charge in [0.1, 0.15) is 12.3 Å². The van der Waals surface area contributed by atoms with Crippen molar-refractivity contribution in [3.8, 4) is 11.5 Å². The van der Waals surface area contributed by atoms with Gasteiger partial charge in [0.2, 0.25) is 5.91 Å². The van der Waals surface area contributed by atoms with Crippen molar-refractivity contribution < 1.29 is 14.3 Å². The van der Waals surface area contributed by atoms with Gasteiger partial charge in [-0.05, 0) is 55.3 Å². The van der Waals surface area contributed by atoms with Crippen LogP contribution in [0.4, 0.5) is 5.69 Å². The van der Waals surface area contributed by atoms with E-state index >= 15 is 0 Å². The maximum atomic E-state index is 12.7. The highest BCUT2D eigenvalue weighted by Crippen LogP contribution is 2.52. The molecule has 0 aromatic heterocycles. The zero-order valence-electron chi connectivity index (χ0n) is 21.8. The third-order valence-corrected chi connectivity index (χ3v) is 7.88. The monoisotopic (exact) mass is 516 g/mol.